The zero-order valence-corrected chi connectivity index (χ0v) is 15.3. The summed E-state index contributed by atoms with van der Waals surface area (Å²) in [6.07, 6.45) is 2.19. The van der Waals surface area contributed by atoms with Gasteiger partial charge >= 0.3 is 0 Å². The second-order valence-corrected chi connectivity index (χ2v) is 7.09. The van der Waals surface area contributed by atoms with Crippen LogP contribution in [0.5, 0.6) is 0 Å². The molecule has 24 heavy (non-hydrogen) atoms. The highest BCUT2D eigenvalue weighted by Crippen LogP contribution is 2.24. The van der Waals surface area contributed by atoms with Gasteiger partial charge in [0.15, 0.2) is 0 Å². The zero-order valence-electron chi connectivity index (χ0n) is 14.5. The second-order valence-electron chi connectivity index (χ2n) is 6.23. The number of aromatic nitrogens is 1. The third kappa shape index (κ3) is 5.11. The molecule has 1 aromatic heterocycles. The van der Waals surface area contributed by atoms with E-state index >= 15 is 0 Å². The summed E-state index contributed by atoms with van der Waals surface area (Å²) in [5.74, 6) is 0. The van der Waals surface area contributed by atoms with Crippen molar-refractivity contribution < 1.29 is 4.74 Å². The molecule has 2 heterocycles. The van der Waals surface area contributed by atoms with Crippen molar-refractivity contribution in [2.45, 2.75) is 26.3 Å². The van der Waals surface area contributed by atoms with Gasteiger partial charge < -0.3 is 10.1 Å². The lowest BCUT2D eigenvalue weighted by Crippen LogP contribution is -2.35. The Kier molecular flexibility index (Phi) is 6.78. The van der Waals surface area contributed by atoms with E-state index in [0.717, 1.165) is 57.4 Å². The molecule has 2 aromatic rings. The Labute approximate surface area is 148 Å². The maximum absolute atomic E-state index is 5.41. The number of morpholine rings is 1. The van der Waals surface area contributed by atoms with Gasteiger partial charge in [0.25, 0.3) is 0 Å². The van der Waals surface area contributed by atoms with E-state index in [1.807, 2.05) is 0 Å². The topological polar surface area (TPSA) is 37.4 Å². The van der Waals surface area contributed by atoms with Crippen molar-refractivity contribution in [1.82, 2.24) is 15.2 Å². The van der Waals surface area contributed by atoms with Crippen LogP contribution in [-0.2, 0) is 17.7 Å². The minimum absolute atomic E-state index is 0.854. The number of thiazole rings is 1. The average molecular weight is 346 g/mol. The fourth-order valence-electron chi connectivity index (χ4n) is 2.84. The van der Waals surface area contributed by atoms with Crippen molar-refractivity contribution in [3.63, 3.8) is 0 Å². The molecular formula is C19H27N3OS. The molecule has 0 saturated carbocycles. The minimum Gasteiger partial charge on any atom is -0.379 e. The van der Waals surface area contributed by atoms with Crippen LogP contribution in [0.3, 0.4) is 0 Å². The molecule has 3 rings (SSSR count). The number of benzene rings is 1. The largest absolute Gasteiger partial charge is 0.379 e. The van der Waals surface area contributed by atoms with Gasteiger partial charge in [-0.3, -0.25) is 4.90 Å². The summed E-state index contributed by atoms with van der Waals surface area (Å²) in [6, 6.07) is 8.87. The van der Waals surface area contributed by atoms with E-state index in [9.17, 15) is 0 Å². The van der Waals surface area contributed by atoms with E-state index in [0.29, 0.717) is 0 Å². The Morgan fingerprint density at radius 1 is 1.17 bits per heavy atom. The number of rotatable bonds is 8. The predicted molar refractivity (Wildman–Crippen MR) is 101 cm³/mol. The van der Waals surface area contributed by atoms with Crippen molar-refractivity contribution in [2.75, 3.05) is 39.4 Å². The molecular weight excluding hydrogens is 318 g/mol. The van der Waals surface area contributed by atoms with E-state index < -0.39 is 0 Å². The number of nitrogens with one attached hydrogen (secondary N) is 1. The standard InChI is InChI=1S/C19H27N3OS/c1-2-8-20-9-7-18-15-24-19(21-18)17-5-3-16(4-6-17)14-22-10-12-23-13-11-22/h3-6,15,20H,2,7-14H2,1H3. The maximum Gasteiger partial charge on any atom is 0.123 e. The molecule has 0 aliphatic carbocycles. The summed E-state index contributed by atoms with van der Waals surface area (Å²) in [5.41, 5.74) is 3.77. The number of nitrogens with zero attached hydrogens (tertiary/aromatic N) is 2. The summed E-state index contributed by atoms with van der Waals surface area (Å²) < 4.78 is 5.41. The Hall–Kier alpha value is -1.27. The summed E-state index contributed by atoms with van der Waals surface area (Å²) >= 11 is 1.74. The van der Waals surface area contributed by atoms with Crippen LogP contribution < -0.4 is 5.32 Å². The molecule has 1 aromatic carbocycles. The van der Waals surface area contributed by atoms with Gasteiger partial charge in [-0.15, -0.1) is 11.3 Å². The Bertz CT molecular complexity index is 605. The van der Waals surface area contributed by atoms with Crippen molar-refractivity contribution in [3.05, 3.63) is 40.9 Å². The van der Waals surface area contributed by atoms with Crippen molar-refractivity contribution in [2.24, 2.45) is 0 Å². The highest BCUT2D eigenvalue weighted by molar-refractivity contribution is 7.13. The van der Waals surface area contributed by atoms with Crippen LogP contribution in [0.4, 0.5) is 0 Å². The van der Waals surface area contributed by atoms with E-state index in [1.54, 1.807) is 11.3 Å². The average Bonchev–Trinajstić information content (AvgIpc) is 3.09. The van der Waals surface area contributed by atoms with Crippen LogP contribution in [0.1, 0.15) is 24.6 Å². The molecule has 1 aliphatic rings. The van der Waals surface area contributed by atoms with Gasteiger partial charge in [-0.25, -0.2) is 4.98 Å². The normalized spacial score (nSPS) is 15.7. The molecule has 1 N–H and O–H groups in total. The summed E-state index contributed by atoms with van der Waals surface area (Å²) in [4.78, 5) is 7.22. The van der Waals surface area contributed by atoms with Crippen LogP contribution >= 0.6 is 11.3 Å². The Morgan fingerprint density at radius 2 is 1.96 bits per heavy atom. The van der Waals surface area contributed by atoms with E-state index in [1.165, 1.54) is 23.2 Å². The first-order chi connectivity index (χ1) is 11.8. The van der Waals surface area contributed by atoms with Gasteiger partial charge in [0, 0.05) is 43.5 Å². The molecule has 4 nitrogen and oxygen atoms in total. The van der Waals surface area contributed by atoms with Crippen LogP contribution in [0.15, 0.2) is 29.6 Å². The number of hydrogen-bond donors (Lipinski definition) is 1. The summed E-state index contributed by atoms with van der Waals surface area (Å²) in [6.45, 7) is 9.07. The van der Waals surface area contributed by atoms with E-state index in [2.05, 4.69) is 46.8 Å². The highest BCUT2D eigenvalue weighted by Gasteiger charge is 2.11. The molecule has 5 heteroatoms. The van der Waals surface area contributed by atoms with Crippen LogP contribution in [0.2, 0.25) is 0 Å². The first kappa shape index (κ1) is 17.5. The predicted octanol–water partition coefficient (Wildman–Crippen LogP) is 3.18. The molecule has 130 valence electrons. The quantitative estimate of drug-likeness (QED) is 0.746. The molecule has 0 spiro atoms. The monoisotopic (exact) mass is 345 g/mol. The third-order valence-electron chi connectivity index (χ3n) is 4.25. The highest BCUT2D eigenvalue weighted by atomic mass is 32.1. The molecule has 1 fully saturated rings. The van der Waals surface area contributed by atoms with Gasteiger partial charge in [0.1, 0.15) is 5.01 Å². The van der Waals surface area contributed by atoms with Crippen molar-refractivity contribution >= 4 is 11.3 Å². The zero-order chi connectivity index (χ0) is 16.6. The molecule has 1 aliphatic heterocycles. The minimum atomic E-state index is 0.854. The number of hydrogen-bond acceptors (Lipinski definition) is 5. The molecule has 1 saturated heterocycles. The fourth-order valence-corrected chi connectivity index (χ4v) is 3.70. The molecule has 0 atom stereocenters. The number of ether oxygens (including phenoxy) is 1. The van der Waals surface area contributed by atoms with Crippen molar-refractivity contribution in [1.29, 1.82) is 0 Å². The summed E-state index contributed by atoms with van der Waals surface area (Å²) in [7, 11) is 0. The van der Waals surface area contributed by atoms with E-state index in [-0.39, 0.29) is 0 Å². The van der Waals surface area contributed by atoms with Crippen molar-refractivity contribution in [3.8, 4) is 10.6 Å². The smallest absolute Gasteiger partial charge is 0.123 e. The molecule has 0 bridgehead atoms. The van der Waals surface area contributed by atoms with Gasteiger partial charge in [-0.1, -0.05) is 31.2 Å². The van der Waals surface area contributed by atoms with Crippen LogP contribution in [0.25, 0.3) is 10.6 Å². The van der Waals surface area contributed by atoms with Gasteiger partial charge in [-0.05, 0) is 18.5 Å². The van der Waals surface area contributed by atoms with Gasteiger partial charge in [0.05, 0.1) is 18.9 Å². The SMILES string of the molecule is CCCNCCc1csc(-c2ccc(CN3CCOCC3)cc2)n1. The lowest BCUT2D eigenvalue weighted by molar-refractivity contribution is 0.0342. The van der Waals surface area contributed by atoms with Gasteiger partial charge in [-0.2, -0.15) is 0 Å². The third-order valence-corrected chi connectivity index (χ3v) is 5.19. The van der Waals surface area contributed by atoms with Crippen LogP contribution in [0, 0.1) is 0 Å². The lowest BCUT2D eigenvalue weighted by atomic mass is 10.1. The lowest BCUT2D eigenvalue weighted by Gasteiger charge is -2.26. The Morgan fingerprint density at radius 3 is 2.71 bits per heavy atom. The molecule has 0 radical (unpaired) electrons. The first-order valence-corrected chi connectivity index (χ1v) is 9.77. The van der Waals surface area contributed by atoms with Gasteiger partial charge in [0.2, 0.25) is 0 Å². The fraction of sp³-hybridized carbons (Fsp3) is 0.526. The van der Waals surface area contributed by atoms with E-state index in [4.69, 9.17) is 9.72 Å². The first-order valence-electron chi connectivity index (χ1n) is 8.89. The molecule has 0 unspecified atom stereocenters. The maximum atomic E-state index is 5.41. The Balaban J connectivity index is 1.54. The van der Waals surface area contributed by atoms with Crippen LogP contribution in [-0.4, -0.2) is 49.3 Å². The summed E-state index contributed by atoms with van der Waals surface area (Å²) in [5, 5.41) is 6.74. The molecule has 0 amide bonds. The second kappa shape index (κ2) is 9.28.